The van der Waals surface area contributed by atoms with E-state index in [-0.39, 0.29) is 6.42 Å². The molecule has 0 spiro atoms. The van der Waals surface area contributed by atoms with Crippen LogP contribution in [0.25, 0.3) is 0 Å². The van der Waals surface area contributed by atoms with Crippen LogP contribution >= 0.6 is 0 Å². The maximum absolute atomic E-state index is 13.2. The third kappa shape index (κ3) is 2.55. The Morgan fingerprint density at radius 2 is 1.44 bits per heavy atom. The predicted molar refractivity (Wildman–Crippen MR) is 52.2 cm³/mol. The van der Waals surface area contributed by atoms with Crippen molar-refractivity contribution in [2.24, 2.45) is 0 Å². The fraction of sp³-hybridized carbons (Fsp3) is 0.273. The normalized spacial score (nSPS) is 12.1. The zero-order valence-corrected chi connectivity index (χ0v) is 9.28. The van der Waals surface area contributed by atoms with Crippen LogP contribution in [0, 0.1) is 29.1 Å². The highest BCUT2D eigenvalue weighted by atomic mass is 19.2. The summed E-state index contributed by atoms with van der Waals surface area (Å²) in [5.74, 6) is -11.8. The first-order chi connectivity index (χ1) is 8.43. The molecule has 0 fully saturated rings. The summed E-state index contributed by atoms with van der Waals surface area (Å²) in [6.07, 6.45) is -0.151. The molecule has 1 aromatic rings. The van der Waals surface area contributed by atoms with Gasteiger partial charge in [-0.15, -0.1) is 0 Å². The number of rotatable bonds is 5. The van der Waals surface area contributed by atoms with Crippen molar-refractivity contribution in [1.82, 2.24) is 0 Å². The zero-order valence-electron chi connectivity index (χ0n) is 9.28. The van der Waals surface area contributed by atoms with Gasteiger partial charge in [-0.05, 0) is 0 Å². The molecule has 0 aromatic heterocycles. The maximum atomic E-state index is 13.2. The van der Waals surface area contributed by atoms with Gasteiger partial charge in [-0.2, -0.15) is 8.78 Å². The molecule has 1 aromatic carbocycles. The lowest BCUT2D eigenvalue weighted by molar-refractivity contribution is -0.0366. The van der Waals surface area contributed by atoms with Crippen molar-refractivity contribution in [2.45, 2.75) is 19.6 Å². The van der Waals surface area contributed by atoms with E-state index in [0.717, 1.165) is 6.26 Å². The summed E-state index contributed by atoms with van der Waals surface area (Å²) in [4.78, 5) is 0. The van der Waals surface area contributed by atoms with Gasteiger partial charge in [0.25, 0.3) is 0 Å². The molecule has 2 nitrogen and oxygen atoms in total. The van der Waals surface area contributed by atoms with Crippen molar-refractivity contribution in [2.75, 3.05) is 0 Å². The van der Waals surface area contributed by atoms with Crippen LogP contribution in [0.5, 0.6) is 5.75 Å². The third-order valence-electron chi connectivity index (χ3n) is 2.00. The third-order valence-corrected chi connectivity index (χ3v) is 2.00. The Balaban J connectivity index is 3.20. The fourth-order valence-electron chi connectivity index (χ4n) is 1.13. The highest BCUT2D eigenvalue weighted by Gasteiger charge is 2.28. The van der Waals surface area contributed by atoms with Gasteiger partial charge in [-0.3, -0.25) is 0 Å². The Morgan fingerprint density at radius 1 is 1.00 bits per heavy atom. The Labute approximate surface area is 99.6 Å². The highest BCUT2D eigenvalue weighted by molar-refractivity contribution is 5.29. The van der Waals surface area contributed by atoms with E-state index in [0.29, 0.717) is 0 Å². The van der Waals surface area contributed by atoms with Crippen LogP contribution in [-0.4, -0.2) is 6.29 Å². The molecule has 0 bridgehead atoms. The number of ether oxygens (including phenoxy) is 2. The Bertz CT molecular complexity index is 432. The van der Waals surface area contributed by atoms with Gasteiger partial charge in [0.05, 0.1) is 6.26 Å². The van der Waals surface area contributed by atoms with Crippen molar-refractivity contribution in [3.05, 3.63) is 41.9 Å². The Hall–Kier alpha value is -1.79. The van der Waals surface area contributed by atoms with Gasteiger partial charge in [0.15, 0.2) is 0 Å². The van der Waals surface area contributed by atoms with Gasteiger partial charge in [0.2, 0.25) is 41.1 Å². The minimum absolute atomic E-state index is 0.117. The van der Waals surface area contributed by atoms with E-state index in [9.17, 15) is 22.0 Å². The van der Waals surface area contributed by atoms with Crippen LogP contribution in [0.2, 0.25) is 0 Å². The molecule has 7 heteroatoms. The Morgan fingerprint density at radius 3 is 1.83 bits per heavy atom. The highest BCUT2D eigenvalue weighted by Crippen LogP contribution is 2.30. The number of hydrogen-bond acceptors (Lipinski definition) is 2. The summed E-state index contributed by atoms with van der Waals surface area (Å²) in [6.45, 7) is 4.71. The standard InChI is InChI=1S/C11H9F5O2/c1-3-5(17-4-2)18-11-9(15)7(13)6(12)8(14)10(11)16/h4-5H,2-3H2,1H3. The molecule has 1 atom stereocenters. The molecule has 0 aliphatic carbocycles. The average Bonchev–Trinajstić information content (AvgIpc) is 2.37. The summed E-state index contributed by atoms with van der Waals surface area (Å²) in [6, 6.07) is 0. The molecular weight excluding hydrogens is 259 g/mol. The van der Waals surface area contributed by atoms with Crippen LogP contribution in [0.15, 0.2) is 12.8 Å². The number of halogens is 5. The largest absolute Gasteiger partial charge is 0.463 e. The van der Waals surface area contributed by atoms with Crippen LogP contribution in [0.1, 0.15) is 13.3 Å². The van der Waals surface area contributed by atoms with Gasteiger partial charge in [-0.25, -0.2) is 13.2 Å². The minimum Gasteiger partial charge on any atom is -0.463 e. The molecule has 0 aliphatic rings. The Kier molecular flexibility index (Phi) is 4.52. The van der Waals surface area contributed by atoms with Gasteiger partial charge in [0, 0.05) is 6.42 Å². The van der Waals surface area contributed by atoms with Crippen molar-refractivity contribution in [3.8, 4) is 5.75 Å². The van der Waals surface area contributed by atoms with Gasteiger partial charge in [-0.1, -0.05) is 13.5 Å². The van der Waals surface area contributed by atoms with Gasteiger partial charge < -0.3 is 9.47 Å². The molecular formula is C11H9F5O2. The molecule has 0 radical (unpaired) electrons. The molecule has 100 valence electrons. The maximum Gasteiger partial charge on any atom is 0.240 e. The topological polar surface area (TPSA) is 18.5 Å². The summed E-state index contributed by atoms with van der Waals surface area (Å²) >= 11 is 0. The van der Waals surface area contributed by atoms with Gasteiger partial charge in [0.1, 0.15) is 0 Å². The molecule has 0 N–H and O–H groups in total. The monoisotopic (exact) mass is 268 g/mol. The molecule has 0 aliphatic heterocycles. The zero-order chi connectivity index (χ0) is 13.9. The van der Waals surface area contributed by atoms with E-state index < -0.39 is 41.1 Å². The van der Waals surface area contributed by atoms with Gasteiger partial charge >= 0.3 is 0 Å². The second kappa shape index (κ2) is 5.70. The molecule has 18 heavy (non-hydrogen) atoms. The lowest BCUT2D eigenvalue weighted by Crippen LogP contribution is -2.19. The molecule has 0 saturated carbocycles. The number of benzene rings is 1. The van der Waals surface area contributed by atoms with Crippen LogP contribution in [0.4, 0.5) is 22.0 Å². The van der Waals surface area contributed by atoms with E-state index >= 15 is 0 Å². The quantitative estimate of drug-likeness (QED) is 0.267. The summed E-state index contributed by atoms with van der Waals surface area (Å²) < 4.78 is 74.1. The molecule has 0 saturated heterocycles. The molecule has 1 unspecified atom stereocenters. The lowest BCUT2D eigenvalue weighted by Gasteiger charge is -2.17. The first-order valence-electron chi connectivity index (χ1n) is 4.88. The van der Waals surface area contributed by atoms with Crippen molar-refractivity contribution >= 4 is 0 Å². The summed E-state index contributed by atoms with van der Waals surface area (Å²) in [7, 11) is 0. The van der Waals surface area contributed by atoms with Crippen LogP contribution in [0.3, 0.4) is 0 Å². The van der Waals surface area contributed by atoms with Crippen LogP contribution in [-0.2, 0) is 4.74 Å². The van der Waals surface area contributed by atoms with E-state index in [2.05, 4.69) is 16.1 Å². The van der Waals surface area contributed by atoms with Crippen molar-refractivity contribution < 1.29 is 31.4 Å². The molecule has 0 amide bonds. The smallest absolute Gasteiger partial charge is 0.240 e. The van der Waals surface area contributed by atoms with E-state index in [4.69, 9.17) is 0 Å². The average molecular weight is 268 g/mol. The second-order valence-corrected chi connectivity index (χ2v) is 3.16. The summed E-state index contributed by atoms with van der Waals surface area (Å²) in [5, 5.41) is 0. The van der Waals surface area contributed by atoms with E-state index in [1.54, 1.807) is 0 Å². The first kappa shape index (κ1) is 14.3. The molecule has 1 rings (SSSR count). The van der Waals surface area contributed by atoms with E-state index in [1.165, 1.54) is 6.92 Å². The fourth-order valence-corrected chi connectivity index (χ4v) is 1.13. The predicted octanol–water partition coefficient (Wildman–Crippen LogP) is 3.66. The van der Waals surface area contributed by atoms with Crippen molar-refractivity contribution in [3.63, 3.8) is 0 Å². The minimum atomic E-state index is -2.24. The number of hydrogen-bond donors (Lipinski definition) is 0. The first-order valence-corrected chi connectivity index (χ1v) is 4.88. The lowest BCUT2D eigenvalue weighted by atomic mass is 10.2. The molecule has 0 heterocycles. The summed E-state index contributed by atoms with van der Waals surface area (Å²) in [5.41, 5.74) is 0. The van der Waals surface area contributed by atoms with E-state index in [1.807, 2.05) is 0 Å². The van der Waals surface area contributed by atoms with Crippen molar-refractivity contribution in [1.29, 1.82) is 0 Å². The van der Waals surface area contributed by atoms with Crippen LogP contribution < -0.4 is 4.74 Å². The second-order valence-electron chi connectivity index (χ2n) is 3.16. The SMILES string of the molecule is C=COC(CC)Oc1c(F)c(F)c(F)c(F)c1F.